The van der Waals surface area contributed by atoms with Gasteiger partial charge in [0.15, 0.2) is 0 Å². The number of unbranched alkanes of at least 4 members (excludes halogenated alkanes) is 2. The van der Waals surface area contributed by atoms with E-state index in [9.17, 15) is 8.42 Å². The van der Waals surface area contributed by atoms with Gasteiger partial charge < -0.3 is 5.73 Å². The molecule has 0 saturated carbocycles. The highest BCUT2D eigenvalue weighted by Crippen LogP contribution is 2.22. The predicted molar refractivity (Wildman–Crippen MR) is 79.8 cm³/mol. The average Bonchev–Trinajstić information content (AvgIpc) is 2.27. The van der Waals surface area contributed by atoms with E-state index < -0.39 is 10.0 Å². The smallest absolute Gasteiger partial charge is 0.242 e. The van der Waals surface area contributed by atoms with Gasteiger partial charge in [0.1, 0.15) is 4.90 Å². The third-order valence-electron chi connectivity index (χ3n) is 2.86. The lowest BCUT2D eigenvalue weighted by Crippen LogP contribution is -2.33. The second-order valence-corrected chi connectivity index (χ2v) is 6.82. The van der Waals surface area contributed by atoms with Crippen molar-refractivity contribution >= 4 is 27.3 Å². The van der Waals surface area contributed by atoms with Crippen molar-refractivity contribution in [2.45, 2.75) is 50.5 Å². The standard InChI is InChI=1S/C13H21ClN2O2S/c1-3-4-5-6-10(2)16-19(17,18)13-8-7-11(14)9-12(13)15/h7-10,16H,3-6,15H2,1-2H3. The number of nitrogens with one attached hydrogen (secondary N) is 1. The van der Waals surface area contributed by atoms with E-state index in [-0.39, 0.29) is 16.6 Å². The number of nitrogens with two attached hydrogens (primary N) is 1. The van der Waals surface area contributed by atoms with E-state index in [0.717, 1.165) is 25.7 Å². The zero-order chi connectivity index (χ0) is 14.5. The van der Waals surface area contributed by atoms with E-state index in [1.807, 2.05) is 6.92 Å². The van der Waals surface area contributed by atoms with E-state index in [1.165, 1.54) is 18.2 Å². The van der Waals surface area contributed by atoms with Crippen LogP contribution in [0.3, 0.4) is 0 Å². The van der Waals surface area contributed by atoms with E-state index in [4.69, 9.17) is 17.3 Å². The molecule has 1 unspecified atom stereocenters. The number of anilines is 1. The lowest BCUT2D eigenvalue weighted by Gasteiger charge is -2.15. The van der Waals surface area contributed by atoms with E-state index in [0.29, 0.717) is 5.02 Å². The van der Waals surface area contributed by atoms with Gasteiger partial charge in [-0.2, -0.15) is 0 Å². The van der Waals surface area contributed by atoms with Crippen LogP contribution in [0.5, 0.6) is 0 Å². The molecule has 0 aliphatic rings. The fourth-order valence-corrected chi connectivity index (χ4v) is 3.42. The molecule has 1 atom stereocenters. The molecule has 0 heterocycles. The van der Waals surface area contributed by atoms with Gasteiger partial charge in [0.05, 0.1) is 5.69 Å². The highest BCUT2D eigenvalue weighted by Gasteiger charge is 2.19. The van der Waals surface area contributed by atoms with Gasteiger partial charge in [-0.15, -0.1) is 0 Å². The molecule has 0 aliphatic heterocycles. The number of rotatable bonds is 7. The first-order valence-corrected chi connectivity index (χ1v) is 8.30. The van der Waals surface area contributed by atoms with E-state index >= 15 is 0 Å². The monoisotopic (exact) mass is 304 g/mol. The van der Waals surface area contributed by atoms with Crippen molar-refractivity contribution in [1.82, 2.24) is 4.72 Å². The lowest BCUT2D eigenvalue weighted by atomic mass is 10.1. The van der Waals surface area contributed by atoms with Crippen molar-refractivity contribution < 1.29 is 8.42 Å². The zero-order valence-electron chi connectivity index (χ0n) is 11.3. The van der Waals surface area contributed by atoms with Crippen LogP contribution in [0, 0.1) is 0 Å². The Labute approximate surface area is 120 Å². The Balaban J connectivity index is 2.75. The second-order valence-electron chi connectivity index (χ2n) is 4.70. The summed E-state index contributed by atoms with van der Waals surface area (Å²) in [6.07, 6.45) is 4.05. The minimum Gasteiger partial charge on any atom is -0.398 e. The van der Waals surface area contributed by atoms with Crippen molar-refractivity contribution in [3.63, 3.8) is 0 Å². The molecule has 0 saturated heterocycles. The van der Waals surface area contributed by atoms with Gasteiger partial charge in [-0.05, 0) is 31.5 Å². The number of halogens is 1. The molecule has 0 bridgehead atoms. The summed E-state index contributed by atoms with van der Waals surface area (Å²) in [5, 5.41) is 0.424. The maximum absolute atomic E-state index is 12.2. The second kappa shape index (κ2) is 7.12. The van der Waals surface area contributed by atoms with Gasteiger partial charge in [-0.3, -0.25) is 0 Å². The fourth-order valence-electron chi connectivity index (χ4n) is 1.85. The van der Waals surface area contributed by atoms with Crippen LogP contribution in [0.4, 0.5) is 5.69 Å². The topological polar surface area (TPSA) is 72.2 Å². The van der Waals surface area contributed by atoms with Crippen LogP contribution in [0.2, 0.25) is 5.02 Å². The third-order valence-corrected chi connectivity index (χ3v) is 4.76. The summed E-state index contributed by atoms with van der Waals surface area (Å²) in [6, 6.07) is 4.29. The Morgan fingerprint density at radius 1 is 1.37 bits per heavy atom. The Morgan fingerprint density at radius 2 is 2.05 bits per heavy atom. The van der Waals surface area contributed by atoms with Crippen molar-refractivity contribution in [2.24, 2.45) is 0 Å². The van der Waals surface area contributed by atoms with Crippen LogP contribution in [0.15, 0.2) is 23.1 Å². The molecule has 1 aromatic rings. The highest BCUT2D eigenvalue weighted by atomic mass is 35.5. The van der Waals surface area contributed by atoms with Crippen LogP contribution in [-0.4, -0.2) is 14.5 Å². The quantitative estimate of drug-likeness (QED) is 0.600. The average molecular weight is 305 g/mol. The molecule has 108 valence electrons. The maximum Gasteiger partial charge on any atom is 0.242 e. The molecule has 3 N–H and O–H groups in total. The van der Waals surface area contributed by atoms with E-state index in [2.05, 4.69) is 11.6 Å². The van der Waals surface area contributed by atoms with Gasteiger partial charge in [-0.1, -0.05) is 37.8 Å². The molecule has 1 aromatic carbocycles. The Morgan fingerprint density at radius 3 is 2.63 bits per heavy atom. The third kappa shape index (κ3) is 5.01. The van der Waals surface area contributed by atoms with Crippen LogP contribution in [-0.2, 0) is 10.0 Å². The van der Waals surface area contributed by atoms with Gasteiger partial charge in [-0.25, -0.2) is 13.1 Å². The summed E-state index contributed by atoms with van der Waals surface area (Å²) in [6.45, 7) is 3.97. The molecule has 6 heteroatoms. The normalized spacial score (nSPS) is 13.4. The summed E-state index contributed by atoms with van der Waals surface area (Å²) < 4.78 is 27.0. The van der Waals surface area contributed by atoms with Crippen LogP contribution in [0.25, 0.3) is 0 Å². The molecular weight excluding hydrogens is 284 g/mol. The first-order chi connectivity index (χ1) is 8.86. The van der Waals surface area contributed by atoms with Crippen LogP contribution < -0.4 is 10.5 Å². The van der Waals surface area contributed by atoms with Crippen molar-refractivity contribution in [3.8, 4) is 0 Å². The summed E-state index contributed by atoms with van der Waals surface area (Å²) in [5.41, 5.74) is 5.87. The van der Waals surface area contributed by atoms with E-state index in [1.54, 1.807) is 0 Å². The fraction of sp³-hybridized carbons (Fsp3) is 0.538. The maximum atomic E-state index is 12.2. The SMILES string of the molecule is CCCCCC(C)NS(=O)(=O)c1ccc(Cl)cc1N. The summed E-state index contributed by atoms with van der Waals surface area (Å²) in [4.78, 5) is 0.0826. The van der Waals surface area contributed by atoms with Crippen LogP contribution >= 0.6 is 11.6 Å². The molecule has 0 aromatic heterocycles. The molecule has 0 spiro atoms. The Hall–Kier alpha value is -0.780. The lowest BCUT2D eigenvalue weighted by molar-refractivity contribution is 0.527. The van der Waals surface area contributed by atoms with Gasteiger partial charge in [0, 0.05) is 11.1 Å². The predicted octanol–water partition coefficient (Wildman–Crippen LogP) is 3.17. The van der Waals surface area contributed by atoms with Crippen molar-refractivity contribution in [3.05, 3.63) is 23.2 Å². The van der Waals surface area contributed by atoms with Gasteiger partial charge in [0.2, 0.25) is 10.0 Å². The number of hydrogen-bond acceptors (Lipinski definition) is 3. The van der Waals surface area contributed by atoms with Gasteiger partial charge in [0.25, 0.3) is 0 Å². The molecule has 4 nitrogen and oxygen atoms in total. The molecule has 0 aliphatic carbocycles. The summed E-state index contributed by atoms with van der Waals surface area (Å²) in [5.74, 6) is 0. The first kappa shape index (κ1) is 16.3. The Bertz CT molecular complexity index is 517. The molecular formula is C13H21ClN2O2S. The van der Waals surface area contributed by atoms with Crippen molar-refractivity contribution in [1.29, 1.82) is 0 Å². The largest absolute Gasteiger partial charge is 0.398 e. The van der Waals surface area contributed by atoms with Crippen LogP contribution in [0.1, 0.15) is 39.5 Å². The molecule has 0 fully saturated rings. The molecule has 0 amide bonds. The number of nitrogen functional groups attached to an aromatic ring is 1. The molecule has 0 radical (unpaired) electrons. The Kier molecular flexibility index (Phi) is 6.10. The number of hydrogen-bond donors (Lipinski definition) is 2. The summed E-state index contributed by atoms with van der Waals surface area (Å²) in [7, 11) is -3.58. The number of benzene rings is 1. The van der Waals surface area contributed by atoms with Crippen molar-refractivity contribution in [2.75, 3.05) is 5.73 Å². The van der Waals surface area contributed by atoms with Gasteiger partial charge >= 0.3 is 0 Å². The minimum atomic E-state index is -3.58. The first-order valence-electron chi connectivity index (χ1n) is 6.44. The number of sulfonamides is 1. The zero-order valence-corrected chi connectivity index (χ0v) is 12.9. The summed E-state index contributed by atoms with van der Waals surface area (Å²) >= 11 is 5.76. The molecule has 1 rings (SSSR count). The molecule has 19 heavy (non-hydrogen) atoms. The highest BCUT2D eigenvalue weighted by molar-refractivity contribution is 7.89. The minimum absolute atomic E-state index is 0.0826.